The summed E-state index contributed by atoms with van der Waals surface area (Å²) in [6, 6.07) is 13.2. The Morgan fingerprint density at radius 1 is 1.00 bits per heavy atom. The highest BCUT2D eigenvalue weighted by Crippen LogP contribution is 2.28. The fourth-order valence-corrected chi connectivity index (χ4v) is 3.84. The number of carbonyl (C=O) groups is 2. The predicted molar refractivity (Wildman–Crippen MR) is 125 cm³/mol. The zero-order chi connectivity index (χ0) is 22.9. The highest BCUT2D eigenvalue weighted by atomic mass is 16.5. The van der Waals surface area contributed by atoms with E-state index in [1.165, 1.54) is 18.5 Å². The van der Waals surface area contributed by atoms with Crippen molar-refractivity contribution in [2.45, 2.75) is 33.2 Å². The monoisotopic (exact) mass is 439 g/mol. The molecule has 7 heteroatoms. The van der Waals surface area contributed by atoms with E-state index in [4.69, 9.17) is 9.47 Å². The van der Waals surface area contributed by atoms with Crippen LogP contribution in [0.2, 0.25) is 0 Å². The SMILES string of the molecule is CCOc1ccc(C(=O)NCC(=O)N(C)Cc2ccccc2N2CCCC2)cc1OCC. The van der Waals surface area contributed by atoms with E-state index in [1.807, 2.05) is 26.0 Å². The topological polar surface area (TPSA) is 71.1 Å². The van der Waals surface area contributed by atoms with Crippen LogP contribution in [0.3, 0.4) is 0 Å². The van der Waals surface area contributed by atoms with Gasteiger partial charge in [-0.05, 0) is 56.5 Å². The molecular weight excluding hydrogens is 406 g/mol. The van der Waals surface area contributed by atoms with Gasteiger partial charge in [0.25, 0.3) is 5.91 Å². The second-order valence-electron chi connectivity index (χ2n) is 7.78. The number of benzene rings is 2. The minimum absolute atomic E-state index is 0.0710. The number of anilines is 1. The van der Waals surface area contributed by atoms with E-state index in [0.29, 0.717) is 36.8 Å². The Morgan fingerprint density at radius 2 is 1.69 bits per heavy atom. The number of amides is 2. The Labute approximate surface area is 190 Å². The Bertz CT molecular complexity index is 925. The van der Waals surface area contributed by atoms with E-state index in [0.717, 1.165) is 18.7 Å². The predicted octanol–water partition coefficient (Wildman–Crippen LogP) is 3.47. The summed E-state index contributed by atoms with van der Waals surface area (Å²) in [4.78, 5) is 29.3. The summed E-state index contributed by atoms with van der Waals surface area (Å²) in [5.41, 5.74) is 2.72. The van der Waals surface area contributed by atoms with E-state index < -0.39 is 0 Å². The second kappa shape index (κ2) is 11.4. The quantitative estimate of drug-likeness (QED) is 0.614. The lowest BCUT2D eigenvalue weighted by Gasteiger charge is -2.24. The zero-order valence-corrected chi connectivity index (χ0v) is 19.2. The molecule has 0 aliphatic carbocycles. The Hall–Kier alpha value is -3.22. The molecule has 0 saturated carbocycles. The van der Waals surface area contributed by atoms with Gasteiger partial charge < -0.3 is 24.6 Å². The van der Waals surface area contributed by atoms with Crippen molar-refractivity contribution in [2.75, 3.05) is 44.8 Å². The number of ether oxygens (including phenoxy) is 2. The molecule has 3 rings (SSSR count). The Morgan fingerprint density at radius 3 is 2.41 bits per heavy atom. The fraction of sp³-hybridized carbons (Fsp3) is 0.440. The first-order valence-electron chi connectivity index (χ1n) is 11.3. The summed E-state index contributed by atoms with van der Waals surface area (Å²) in [6.45, 7) is 7.27. The Balaban J connectivity index is 1.58. The van der Waals surface area contributed by atoms with Gasteiger partial charge >= 0.3 is 0 Å². The molecule has 1 saturated heterocycles. The smallest absolute Gasteiger partial charge is 0.251 e. The molecule has 2 amide bonds. The van der Waals surface area contributed by atoms with Crippen LogP contribution in [0.15, 0.2) is 42.5 Å². The van der Waals surface area contributed by atoms with Gasteiger partial charge in [-0.1, -0.05) is 18.2 Å². The van der Waals surface area contributed by atoms with Crippen LogP contribution in [-0.2, 0) is 11.3 Å². The fourth-order valence-electron chi connectivity index (χ4n) is 3.84. The van der Waals surface area contributed by atoms with Crippen LogP contribution in [-0.4, -0.2) is 56.6 Å². The molecule has 32 heavy (non-hydrogen) atoms. The van der Waals surface area contributed by atoms with Crippen molar-refractivity contribution < 1.29 is 19.1 Å². The van der Waals surface area contributed by atoms with Gasteiger partial charge in [0.15, 0.2) is 11.5 Å². The molecule has 0 radical (unpaired) electrons. The maximum absolute atomic E-state index is 12.7. The largest absolute Gasteiger partial charge is 0.490 e. The van der Waals surface area contributed by atoms with Crippen LogP contribution < -0.4 is 19.7 Å². The molecule has 1 heterocycles. The van der Waals surface area contributed by atoms with Crippen molar-refractivity contribution in [3.8, 4) is 11.5 Å². The van der Waals surface area contributed by atoms with E-state index in [-0.39, 0.29) is 18.4 Å². The molecule has 0 unspecified atom stereocenters. The molecule has 0 spiro atoms. The molecule has 0 aromatic heterocycles. The van der Waals surface area contributed by atoms with E-state index >= 15 is 0 Å². The van der Waals surface area contributed by atoms with Gasteiger partial charge in [-0.3, -0.25) is 9.59 Å². The second-order valence-corrected chi connectivity index (χ2v) is 7.78. The van der Waals surface area contributed by atoms with E-state index in [9.17, 15) is 9.59 Å². The normalized spacial score (nSPS) is 13.0. The maximum atomic E-state index is 12.7. The standard InChI is InChI=1S/C25H33N3O4/c1-4-31-22-13-12-19(16-23(22)32-5-2)25(30)26-17-24(29)27(3)18-20-10-6-7-11-21(20)28-14-8-9-15-28/h6-7,10-13,16H,4-5,8-9,14-15,17-18H2,1-3H3,(H,26,30). The van der Waals surface area contributed by atoms with Gasteiger partial charge in [0.05, 0.1) is 19.8 Å². The maximum Gasteiger partial charge on any atom is 0.251 e. The highest BCUT2D eigenvalue weighted by Gasteiger charge is 2.18. The number of para-hydroxylation sites is 1. The van der Waals surface area contributed by atoms with Gasteiger partial charge in [-0.15, -0.1) is 0 Å². The first kappa shape index (κ1) is 23.4. The molecule has 1 fully saturated rings. The summed E-state index contributed by atoms with van der Waals surface area (Å²) in [7, 11) is 1.76. The number of hydrogen-bond acceptors (Lipinski definition) is 5. The van der Waals surface area contributed by atoms with Crippen molar-refractivity contribution in [1.29, 1.82) is 0 Å². The van der Waals surface area contributed by atoms with Crippen molar-refractivity contribution in [3.05, 3.63) is 53.6 Å². The number of carbonyl (C=O) groups excluding carboxylic acids is 2. The number of nitrogens with one attached hydrogen (secondary N) is 1. The highest BCUT2D eigenvalue weighted by molar-refractivity contribution is 5.97. The molecule has 0 bridgehead atoms. The number of nitrogens with zero attached hydrogens (tertiary/aromatic N) is 2. The van der Waals surface area contributed by atoms with Crippen molar-refractivity contribution in [1.82, 2.24) is 10.2 Å². The van der Waals surface area contributed by atoms with Crippen molar-refractivity contribution in [2.24, 2.45) is 0 Å². The zero-order valence-electron chi connectivity index (χ0n) is 19.2. The summed E-state index contributed by atoms with van der Waals surface area (Å²) in [5.74, 6) is 0.640. The summed E-state index contributed by atoms with van der Waals surface area (Å²) in [6.07, 6.45) is 2.40. The van der Waals surface area contributed by atoms with Crippen LogP contribution in [0.4, 0.5) is 5.69 Å². The van der Waals surface area contributed by atoms with Gasteiger partial charge in [0, 0.05) is 37.9 Å². The average molecular weight is 440 g/mol. The van der Waals surface area contributed by atoms with Gasteiger partial charge in [-0.2, -0.15) is 0 Å². The third-order valence-electron chi connectivity index (χ3n) is 5.48. The number of rotatable bonds is 10. The summed E-state index contributed by atoms with van der Waals surface area (Å²) >= 11 is 0. The van der Waals surface area contributed by atoms with Crippen LogP contribution in [0.25, 0.3) is 0 Å². The van der Waals surface area contributed by atoms with Crippen LogP contribution in [0.5, 0.6) is 11.5 Å². The number of likely N-dealkylation sites (N-methyl/N-ethyl adjacent to an activating group) is 1. The van der Waals surface area contributed by atoms with Gasteiger partial charge in [0.2, 0.25) is 5.91 Å². The Kier molecular flexibility index (Phi) is 8.36. The third-order valence-corrected chi connectivity index (χ3v) is 5.48. The average Bonchev–Trinajstić information content (AvgIpc) is 3.34. The molecule has 7 nitrogen and oxygen atoms in total. The third kappa shape index (κ3) is 5.93. The van der Waals surface area contributed by atoms with Crippen molar-refractivity contribution >= 4 is 17.5 Å². The summed E-state index contributed by atoms with van der Waals surface area (Å²) < 4.78 is 11.1. The molecular formula is C25H33N3O4. The molecule has 1 aliphatic rings. The summed E-state index contributed by atoms with van der Waals surface area (Å²) in [5, 5.41) is 2.72. The lowest BCUT2D eigenvalue weighted by atomic mass is 10.1. The van der Waals surface area contributed by atoms with Gasteiger partial charge in [0.1, 0.15) is 0 Å². The lowest BCUT2D eigenvalue weighted by molar-refractivity contribution is -0.129. The lowest BCUT2D eigenvalue weighted by Crippen LogP contribution is -2.38. The molecule has 172 valence electrons. The number of hydrogen-bond donors (Lipinski definition) is 1. The van der Waals surface area contributed by atoms with E-state index in [1.54, 1.807) is 30.1 Å². The molecule has 2 aromatic rings. The molecule has 1 aliphatic heterocycles. The van der Waals surface area contributed by atoms with Crippen LogP contribution >= 0.6 is 0 Å². The first-order chi connectivity index (χ1) is 15.5. The van der Waals surface area contributed by atoms with Crippen LogP contribution in [0.1, 0.15) is 42.6 Å². The molecule has 0 atom stereocenters. The van der Waals surface area contributed by atoms with E-state index in [2.05, 4.69) is 22.3 Å². The van der Waals surface area contributed by atoms with Crippen molar-refractivity contribution in [3.63, 3.8) is 0 Å². The minimum Gasteiger partial charge on any atom is -0.490 e. The minimum atomic E-state index is -0.326. The van der Waals surface area contributed by atoms with Crippen LogP contribution in [0, 0.1) is 0 Å². The molecule has 2 aromatic carbocycles. The molecule has 1 N–H and O–H groups in total. The first-order valence-corrected chi connectivity index (χ1v) is 11.3. The van der Waals surface area contributed by atoms with Gasteiger partial charge in [-0.25, -0.2) is 0 Å².